The van der Waals surface area contributed by atoms with E-state index in [-0.39, 0.29) is 12.1 Å². The Hall–Kier alpha value is -3.06. The monoisotopic (exact) mass is 400 g/mol. The molecule has 3 aromatic carbocycles. The molecule has 150 valence electrons. The molecule has 1 heterocycles. The number of halogens is 3. The SMILES string of the molecule is COCCn1c(COc2ccc3ccccc3c2)nc2cc(C(F)(F)F)ccc21. The summed E-state index contributed by atoms with van der Waals surface area (Å²) in [6.07, 6.45) is -4.41. The number of rotatable bonds is 6. The van der Waals surface area contributed by atoms with E-state index in [1.807, 2.05) is 47.0 Å². The quantitative estimate of drug-likeness (QED) is 0.433. The van der Waals surface area contributed by atoms with Gasteiger partial charge >= 0.3 is 6.18 Å². The van der Waals surface area contributed by atoms with Crippen LogP contribution in [0.3, 0.4) is 0 Å². The summed E-state index contributed by atoms with van der Waals surface area (Å²) in [6, 6.07) is 17.3. The molecule has 0 amide bonds. The fourth-order valence-corrected chi connectivity index (χ4v) is 3.30. The molecule has 0 unspecified atom stereocenters. The average molecular weight is 400 g/mol. The van der Waals surface area contributed by atoms with Gasteiger partial charge in [-0.05, 0) is 41.1 Å². The van der Waals surface area contributed by atoms with Gasteiger partial charge in [0.25, 0.3) is 0 Å². The maximum absolute atomic E-state index is 13.0. The highest BCUT2D eigenvalue weighted by Gasteiger charge is 2.31. The van der Waals surface area contributed by atoms with Crippen LogP contribution in [0, 0.1) is 0 Å². The Bertz CT molecular complexity index is 1150. The van der Waals surface area contributed by atoms with Crippen molar-refractivity contribution >= 4 is 21.8 Å². The first kappa shape index (κ1) is 19.3. The fourth-order valence-electron chi connectivity index (χ4n) is 3.30. The first-order valence-corrected chi connectivity index (χ1v) is 9.12. The van der Waals surface area contributed by atoms with Crippen molar-refractivity contribution < 1.29 is 22.6 Å². The van der Waals surface area contributed by atoms with Crippen LogP contribution in [-0.4, -0.2) is 23.3 Å². The van der Waals surface area contributed by atoms with Gasteiger partial charge in [0, 0.05) is 13.7 Å². The molecule has 0 aliphatic carbocycles. The standard InChI is InChI=1S/C22H19F3N2O2/c1-28-11-10-27-20-9-7-17(22(23,24)25)13-19(20)26-21(27)14-29-18-8-6-15-4-2-3-5-16(15)12-18/h2-9,12-13H,10-11,14H2,1H3. The number of alkyl halides is 3. The lowest BCUT2D eigenvalue weighted by molar-refractivity contribution is -0.137. The van der Waals surface area contributed by atoms with Gasteiger partial charge in [-0.3, -0.25) is 0 Å². The van der Waals surface area contributed by atoms with Crippen LogP contribution < -0.4 is 4.74 Å². The smallest absolute Gasteiger partial charge is 0.416 e. The molecule has 7 heteroatoms. The Morgan fingerprint density at radius 1 is 0.966 bits per heavy atom. The largest absolute Gasteiger partial charge is 0.486 e. The zero-order valence-corrected chi connectivity index (χ0v) is 15.7. The molecule has 29 heavy (non-hydrogen) atoms. The van der Waals surface area contributed by atoms with Gasteiger partial charge in [-0.15, -0.1) is 0 Å². The predicted octanol–water partition coefficient (Wildman–Crippen LogP) is 5.43. The number of ether oxygens (including phenoxy) is 2. The Morgan fingerprint density at radius 3 is 2.52 bits per heavy atom. The maximum Gasteiger partial charge on any atom is 0.416 e. The van der Waals surface area contributed by atoms with E-state index in [1.165, 1.54) is 6.07 Å². The second-order valence-corrected chi connectivity index (χ2v) is 6.67. The summed E-state index contributed by atoms with van der Waals surface area (Å²) in [5.41, 5.74) is 0.184. The predicted molar refractivity (Wildman–Crippen MR) is 105 cm³/mol. The van der Waals surface area contributed by atoms with Gasteiger partial charge in [0.05, 0.1) is 23.2 Å². The van der Waals surface area contributed by atoms with Crippen molar-refractivity contribution in [3.63, 3.8) is 0 Å². The summed E-state index contributed by atoms with van der Waals surface area (Å²) in [7, 11) is 1.58. The summed E-state index contributed by atoms with van der Waals surface area (Å²) < 4.78 is 52.0. The minimum atomic E-state index is -4.41. The normalized spacial score (nSPS) is 12.0. The summed E-state index contributed by atoms with van der Waals surface area (Å²) in [5.74, 6) is 1.22. The number of fused-ring (bicyclic) bond motifs is 2. The van der Waals surface area contributed by atoms with Crippen LogP contribution in [0.25, 0.3) is 21.8 Å². The molecule has 0 aliphatic heterocycles. The minimum absolute atomic E-state index is 0.137. The number of methoxy groups -OCH3 is 1. The van der Waals surface area contributed by atoms with Crippen molar-refractivity contribution in [1.29, 1.82) is 0 Å². The lowest BCUT2D eigenvalue weighted by Crippen LogP contribution is -2.10. The van der Waals surface area contributed by atoms with Gasteiger partial charge in [-0.2, -0.15) is 13.2 Å². The van der Waals surface area contributed by atoms with Crippen LogP contribution in [-0.2, 0) is 24.1 Å². The van der Waals surface area contributed by atoms with Gasteiger partial charge in [0.2, 0.25) is 0 Å². The Labute approximate surface area is 165 Å². The molecule has 4 rings (SSSR count). The zero-order chi connectivity index (χ0) is 20.4. The van der Waals surface area contributed by atoms with Crippen molar-refractivity contribution in [2.75, 3.05) is 13.7 Å². The van der Waals surface area contributed by atoms with E-state index >= 15 is 0 Å². The third kappa shape index (κ3) is 4.05. The van der Waals surface area contributed by atoms with Crippen molar-refractivity contribution in [2.24, 2.45) is 0 Å². The molecular weight excluding hydrogens is 381 g/mol. The highest BCUT2D eigenvalue weighted by atomic mass is 19.4. The Morgan fingerprint density at radius 2 is 1.76 bits per heavy atom. The van der Waals surface area contributed by atoms with E-state index in [4.69, 9.17) is 9.47 Å². The van der Waals surface area contributed by atoms with Crippen molar-refractivity contribution in [1.82, 2.24) is 9.55 Å². The van der Waals surface area contributed by atoms with E-state index in [0.29, 0.717) is 30.2 Å². The van der Waals surface area contributed by atoms with Gasteiger partial charge in [0.1, 0.15) is 18.2 Å². The first-order chi connectivity index (χ1) is 14.0. The van der Waals surface area contributed by atoms with Crippen LogP contribution in [0.1, 0.15) is 11.4 Å². The molecule has 4 nitrogen and oxygen atoms in total. The lowest BCUT2D eigenvalue weighted by Gasteiger charge is -2.11. The molecule has 0 bridgehead atoms. The van der Waals surface area contributed by atoms with Gasteiger partial charge in [-0.25, -0.2) is 4.98 Å². The second kappa shape index (κ2) is 7.75. The topological polar surface area (TPSA) is 36.3 Å². The number of imidazole rings is 1. The summed E-state index contributed by atoms with van der Waals surface area (Å²) in [5, 5.41) is 2.15. The Kier molecular flexibility index (Phi) is 5.15. The van der Waals surface area contributed by atoms with E-state index in [0.717, 1.165) is 22.9 Å². The molecule has 0 atom stereocenters. The van der Waals surface area contributed by atoms with Gasteiger partial charge in [-0.1, -0.05) is 30.3 Å². The third-order valence-electron chi connectivity index (χ3n) is 4.76. The summed E-state index contributed by atoms with van der Waals surface area (Å²) in [4.78, 5) is 4.40. The third-order valence-corrected chi connectivity index (χ3v) is 4.76. The minimum Gasteiger partial charge on any atom is -0.486 e. The second-order valence-electron chi connectivity index (χ2n) is 6.67. The molecule has 1 aromatic heterocycles. The maximum atomic E-state index is 13.0. The molecule has 0 fully saturated rings. The van der Waals surface area contributed by atoms with Crippen LogP contribution in [0.15, 0.2) is 60.7 Å². The highest BCUT2D eigenvalue weighted by molar-refractivity contribution is 5.83. The number of hydrogen-bond donors (Lipinski definition) is 0. The van der Waals surface area contributed by atoms with Crippen LogP contribution in [0.5, 0.6) is 5.75 Å². The van der Waals surface area contributed by atoms with Crippen LogP contribution in [0.4, 0.5) is 13.2 Å². The van der Waals surface area contributed by atoms with E-state index in [2.05, 4.69) is 4.98 Å². The molecule has 0 aliphatic rings. The average Bonchev–Trinajstić information content (AvgIpc) is 3.06. The number of benzene rings is 3. The van der Waals surface area contributed by atoms with E-state index in [9.17, 15) is 13.2 Å². The molecule has 0 spiro atoms. The summed E-state index contributed by atoms with van der Waals surface area (Å²) >= 11 is 0. The fraction of sp³-hybridized carbons (Fsp3) is 0.227. The van der Waals surface area contributed by atoms with Gasteiger partial charge in [0.15, 0.2) is 0 Å². The zero-order valence-electron chi connectivity index (χ0n) is 15.7. The number of aromatic nitrogens is 2. The lowest BCUT2D eigenvalue weighted by atomic mass is 10.1. The summed E-state index contributed by atoms with van der Waals surface area (Å²) in [6.45, 7) is 1.02. The highest BCUT2D eigenvalue weighted by Crippen LogP contribution is 2.32. The Balaban J connectivity index is 1.65. The van der Waals surface area contributed by atoms with Crippen LogP contribution >= 0.6 is 0 Å². The van der Waals surface area contributed by atoms with E-state index < -0.39 is 11.7 Å². The molecule has 0 radical (unpaired) electrons. The van der Waals surface area contributed by atoms with Gasteiger partial charge < -0.3 is 14.0 Å². The van der Waals surface area contributed by atoms with E-state index in [1.54, 1.807) is 7.11 Å². The number of hydrogen-bond acceptors (Lipinski definition) is 3. The molecule has 0 N–H and O–H groups in total. The molecule has 0 saturated carbocycles. The van der Waals surface area contributed by atoms with Crippen molar-refractivity contribution in [2.45, 2.75) is 19.3 Å². The van der Waals surface area contributed by atoms with Crippen molar-refractivity contribution in [3.8, 4) is 5.75 Å². The molecule has 4 aromatic rings. The molecular formula is C22H19F3N2O2. The molecule has 0 saturated heterocycles. The number of nitrogens with zero attached hydrogens (tertiary/aromatic N) is 2. The first-order valence-electron chi connectivity index (χ1n) is 9.12. The van der Waals surface area contributed by atoms with Crippen LogP contribution in [0.2, 0.25) is 0 Å². The van der Waals surface area contributed by atoms with Crippen molar-refractivity contribution in [3.05, 3.63) is 72.1 Å².